The van der Waals surface area contributed by atoms with Gasteiger partial charge in [0, 0.05) is 18.0 Å². The molecule has 2 aromatic carbocycles. The third kappa shape index (κ3) is 4.04. The SMILES string of the molecule is COc1ccc(NC(=O)N2CCS[C@H]2c2ccc(OC)c(Br)c2)cc1. The molecule has 2 amide bonds. The average molecular weight is 423 g/mol. The summed E-state index contributed by atoms with van der Waals surface area (Å²) < 4.78 is 11.3. The maximum Gasteiger partial charge on any atom is 0.323 e. The van der Waals surface area contributed by atoms with Crippen LogP contribution in [0.5, 0.6) is 11.5 Å². The van der Waals surface area contributed by atoms with E-state index in [0.29, 0.717) is 6.54 Å². The van der Waals surface area contributed by atoms with Gasteiger partial charge in [-0.05, 0) is 57.9 Å². The number of anilines is 1. The first-order chi connectivity index (χ1) is 12.1. The van der Waals surface area contributed by atoms with E-state index in [1.165, 1.54) is 0 Å². The maximum absolute atomic E-state index is 12.7. The van der Waals surface area contributed by atoms with Gasteiger partial charge in [0.1, 0.15) is 16.9 Å². The molecule has 0 unspecified atom stereocenters. The monoisotopic (exact) mass is 422 g/mol. The van der Waals surface area contributed by atoms with Gasteiger partial charge in [0.05, 0.1) is 18.7 Å². The molecule has 0 saturated carbocycles. The molecule has 0 spiro atoms. The molecule has 1 heterocycles. The number of carbonyl (C=O) groups is 1. The number of hydrogen-bond donors (Lipinski definition) is 1. The van der Waals surface area contributed by atoms with E-state index >= 15 is 0 Å². The van der Waals surface area contributed by atoms with Gasteiger partial charge in [-0.3, -0.25) is 0 Å². The van der Waals surface area contributed by atoms with Gasteiger partial charge in [-0.25, -0.2) is 4.79 Å². The number of benzene rings is 2. The fourth-order valence-electron chi connectivity index (χ4n) is 2.66. The number of nitrogens with zero attached hydrogens (tertiary/aromatic N) is 1. The van der Waals surface area contributed by atoms with Crippen molar-refractivity contribution in [3.8, 4) is 11.5 Å². The van der Waals surface area contributed by atoms with Crippen LogP contribution in [-0.4, -0.2) is 37.4 Å². The van der Waals surface area contributed by atoms with E-state index < -0.39 is 0 Å². The number of hydrogen-bond acceptors (Lipinski definition) is 4. The zero-order chi connectivity index (χ0) is 17.8. The lowest BCUT2D eigenvalue weighted by Gasteiger charge is -2.25. The van der Waals surface area contributed by atoms with Crippen LogP contribution in [0.2, 0.25) is 0 Å². The maximum atomic E-state index is 12.7. The normalized spacial score (nSPS) is 16.6. The molecule has 132 valence electrons. The van der Waals surface area contributed by atoms with Gasteiger partial charge in [-0.1, -0.05) is 6.07 Å². The van der Waals surface area contributed by atoms with Crippen molar-refractivity contribution < 1.29 is 14.3 Å². The second-order valence-corrected chi connectivity index (χ2v) is 7.51. The van der Waals surface area contributed by atoms with Crippen molar-refractivity contribution in [2.75, 3.05) is 31.8 Å². The lowest BCUT2D eigenvalue weighted by atomic mass is 10.2. The Morgan fingerprint density at radius 3 is 2.60 bits per heavy atom. The molecule has 2 aromatic rings. The minimum atomic E-state index is -0.105. The van der Waals surface area contributed by atoms with Gasteiger partial charge < -0.3 is 19.7 Å². The number of thioether (sulfide) groups is 1. The molecule has 1 fully saturated rings. The Morgan fingerprint density at radius 1 is 1.20 bits per heavy atom. The highest BCUT2D eigenvalue weighted by Crippen LogP contribution is 2.40. The Labute approximate surface area is 159 Å². The quantitative estimate of drug-likeness (QED) is 0.772. The zero-order valence-corrected chi connectivity index (χ0v) is 16.4. The van der Waals surface area contributed by atoms with Gasteiger partial charge in [0.25, 0.3) is 0 Å². The predicted molar refractivity (Wildman–Crippen MR) is 105 cm³/mol. The molecule has 0 aliphatic carbocycles. The summed E-state index contributed by atoms with van der Waals surface area (Å²) >= 11 is 5.27. The largest absolute Gasteiger partial charge is 0.497 e. The number of halogens is 1. The number of rotatable bonds is 4. The number of ether oxygens (including phenoxy) is 2. The summed E-state index contributed by atoms with van der Waals surface area (Å²) in [7, 11) is 3.26. The van der Waals surface area contributed by atoms with Crippen LogP contribution in [0.1, 0.15) is 10.9 Å². The predicted octanol–water partition coefficient (Wildman–Crippen LogP) is 4.75. The van der Waals surface area contributed by atoms with Crippen LogP contribution in [0.3, 0.4) is 0 Å². The number of nitrogens with one attached hydrogen (secondary N) is 1. The Balaban J connectivity index is 1.73. The van der Waals surface area contributed by atoms with Crippen LogP contribution in [0.25, 0.3) is 0 Å². The van der Waals surface area contributed by atoms with Crippen molar-refractivity contribution in [1.82, 2.24) is 4.90 Å². The topological polar surface area (TPSA) is 50.8 Å². The molecule has 3 rings (SSSR count). The van der Waals surface area contributed by atoms with Gasteiger partial charge in [-0.2, -0.15) is 0 Å². The molecule has 0 bridgehead atoms. The highest BCUT2D eigenvalue weighted by atomic mass is 79.9. The minimum absolute atomic E-state index is 0.0135. The molecule has 1 N–H and O–H groups in total. The highest BCUT2D eigenvalue weighted by Gasteiger charge is 2.31. The van der Waals surface area contributed by atoms with Crippen LogP contribution >= 0.6 is 27.7 Å². The van der Waals surface area contributed by atoms with Crippen LogP contribution in [0.15, 0.2) is 46.9 Å². The summed E-state index contributed by atoms with van der Waals surface area (Å²) in [6.07, 6.45) is 0. The Bertz CT molecular complexity index is 754. The van der Waals surface area contributed by atoms with Gasteiger partial charge in [0.15, 0.2) is 0 Å². The standard InChI is InChI=1S/C18H19BrN2O3S/c1-23-14-6-4-13(5-7-14)20-18(22)21-9-10-25-17(21)12-3-8-16(24-2)15(19)11-12/h3-8,11,17H,9-10H2,1-2H3,(H,20,22)/t17-/m0/s1. The zero-order valence-electron chi connectivity index (χ0n) is 14.0. The second-order valence-electron chi connectivity index (χ2n) is 5.47. The molecule has 1 aliphatic rings. The molecule has 1 atom stereocenters. The van der Waals surface area contributed by atoms with E-state index in [0.717, 1.165) is 33.0 Å². The van der Waals surface area contributed by atoms with Crippen LogP contribution < -0.4 is 14.8 Å². The van der Waals surface area contributed by atoms with Gasteiger partial charge >= 0.3 is 6.03 Å². The van der Waals surface area contributed by atoms with Crippen molar-refractivity contribution in [1.29, 1.82) is 0 Å². The third-order valence-corrected chi connectivity index (χ3v) is 5.83. The van der Waals surface area contributed by atoms with E-state index in [1.807, 2.05) is 47.4 Å². The number of carbonyl (C=O) groups excluding carboxylic acids is 1. The molecular formula is C18H19BrN2O3S. The molecule has 5 nitrogen and oxygen atoms in total. The third-order valence-electron chi connectivity index (χ3n) is 3.95. The summed E-state index contributed by atoms with van der Waals surface area (Å²) in [5.41, 5.74) is 1.82. The smallest absolute Gasteiger partial charge is 0.323 e. The fourth-order valence-corrected chi connectivity index (χ4v) is 4.46. The van der Waals surface area contributed by atoms with Crippen molar-refractivity contribution in [2.24, 2.45) is 0 Å². The van der Waals surface area contributed by atoms with Crippen LogP contribution in [0.4, 0.5) is 10.5 Å². The fraction of sp³-hybridized carbons (Fsp3) is 0.278. The molecular weight excluding hydrogens is 404 g/mol. The van der Waals surface area contributed by atoms with Crippen molar-refractivity contribution in [3.63, 3.8) is 0 Å². The molecule has 7 heteroatoms. The summed E-state index contributed by atoms with van der Waals surface area (Å²) in [6.45, 7) is 0.709. The first-order valence-corrected chi connectivity index (χ1v) is 9.63. The van der Waals surface area contributed by atoms with E-state index in [1.54, 1.807) is 26.0 Å². The summed E-state index contributed by atoms with van der Waals surface area (Å²) in [4.78, 5) is 14.5. The number of methoxy groups -OCH3 is 2. The number of urea groups is 1. The Kier molecular flexibility index (Phi) is 5.75. The Hall–Kier alpha value is -1.86. The lowest BCUT2D eigenvalue weighted by Crippen LogP contribution is -2.34. The number of amides is 2. The van der Waals surface area contributed by atoms with Crippen molar-refractivity contribution >= 4 is 39.4 Å². The summed E-state index contributed by atoms with van der Waals surface area (Å²) in [6, 6.07) is 13.1. The Morgan fingerprint density at radius 2 is 1.96 bits per heavy atom. The van der Waals surface area contributed by atoms with Crippen LogP contribution in [0, 0.1) is 0 Å². The van der Waals surface area contributed by atoms with Gasteiger partial charge in [-0.15, -0.1) is 11.8 Å². The van der Waals surface area contributed by atoms with E-state index in [4.69, 9.17) is 9.47 Å². The van der Waals surface area contributed by atoms with Crippen LogP contribution in [-0.2, 0) is 0 Å². The molecule has 25 heavy (non-hydrogen) atoms. The van der Waals surface area contributed by atoms with E-state index in [-0.39, 0.29) is 11.4 Å². The summed E-state index contributed by atoms with van der Waals surface area (Å²) in [5, 5.41) is 2.94. The molecule has 1 aliphatic heterocycles. The van der Waals surface area contributed by atoms with Crippen molar-refractivity contribution in [3.05, 3.63) is 52.5 Å². The molecule has 0 radical (unpaired) electrons. The average Bonchev–Trinajstić information content (AvgIpc) is 3.12. The summed E-state index contributed by atoms with van der Waals surface area (Å²) in [5.74, 6) is 2.45. The highest BCUT2D eigenvalue weighted by molar-refractivity contribution is 9.10. The minimum Gasteiger partial charge on any atom is -0.497 e. The van der Waals surface area contributed by atoms with E-state index in [2.05, 4.69) is 21.2 Å². The lowest BCUT2D eigenvalue weighted by molar-refractivity contribution is 0.214. The molecule has 0 aromatic heterocycles. The van der Waals surface area contributed by atoms with Gasteiger partial charge in [0.2, 0.25) is 0 Å². The first kappa shape index (κ1) is 17.9. The van der Waals surface area contributed by atoms with E-state index in [9.17, 15) is 4.79 Å². The van der Waals surface area contributed by atoms with Crippen molar-refractivity contribution in [2.45, 2.75) is 5.37 Å². The first-order valence-electron chi connectivity index (χ1n) is 7.79. The molecule has 1 saturated heterocycles. The second kappa shape index (κ2) is 8.01.